The van der Waals surface area contributed by atoms with E-state index in [-0.39, 0.29) is 11.3 Å². The molecule has 1 N–H and O–H groups in total. The Labute approximate surface area is 122 Å². The van der Waals surface area contributed by atoms with Gasteiger partial charge >= 0.3 is 5.69 Å². The summed E-state index contributed by atoms with van der Waals surface area (Å²) in [7, 11) is 0. The Balaban J connectivity index is 1.91. The molecule has 7 nitrogen and oxygen atoms in total. The lowest BCUT2D eigenvalue weighted by Crippen LogP contribution is -2.39. The van der Waals surface area contributed by atoms with Crippen LogP contribution in [0.15, 0.2) is 12.3 Å². The number of nitrogens with zero attached hydrogens (tertiary/aromatic N) is 4. The van der Waals surface area contributed by atoms with Crippen LogP contribution in [-0.4, -0.2) is 35.1 Å². The lowest BCUT2D eigenvalue weighted by Gasteiger charge is -2.26. The van der Waals surface area contributed by atoms with Crippen molar-refractivity contribution in [3.05, 3.63) is 27.9 Å². The van der Waals surface area contributed by atoms with Crippen LogP contribution in [0.25, 0.3) is 0 Å². The molecule has 0 bridgehead atoms. The maximum absolute atomic E-state index is 11.3. The van der Waals surface area contributed by atoms with Gasteiger partial charge in [0.2, 0.25) is 5.82 Å². The maximum atomic E-state index is 11.3. The normalized spacial score (nSPS) is 21.0. The van der Waals surface area contributed by atoms with E-state index in [1.165, 1.54) is 12.3 Å². The van der Waals surface area contributed by atoms with Gasteiger partial charge in [0.05, 0.1) is 10.5 Å². The average molecular weight is 287 g/mol. The first-order valence-corrected chi connectivity index (χ1v) is 7.23. The molecule has 1 aliphatic heterocycles. The predicted molar refractivity (Wildman–Crippen MR) is 77.0 cm³/mol. The highest BCUT2D eigenvalue weighted by Crippen LogP contribution is 2.36. The summed E-state index contributed by atoms with van der Waals surface area (Å²) >= 11 is 0. The molecular formula is C14H17N5O2. The topological polar surface area (TPSA) is 95.1 Å². The van der Waals surface area contributed by atoms with Gasteiger partial charge in [0.15, 0.2) is 0 Å². The third-order valence-corrected chi connectivity index (χ3v) is 4.01. The number of anilines is 1. The first-order chi connectivity index (χ1) is 10.2. The van der Waals surface area contributed by atoms with E-state index in [1.54, 1.807) is 0 Å². The van der Waals surface area contributed by atoms with E-state index in [2.05, 4.69) is 10.3 Å². The van der Waals surface area contributed by atoms with Crippen molar-refractivity contribution < 1.29 is 4.92 Å². The van der Waals surface area contributed by atoms with Gasteiger partial charge in [-0.3, -0.25) is 10.1 Å². The van der Waals surface area contributed by atoms with Gasteiger partial charge < -0.3 is 10.2 Å². The largest absolute Gasteiger partial charge is 0.346 e. The molecule has 2 aliphatic rings. The Hall–Kier alpha value is -2.20. The minimum Gasteiger partial charge on any atom is -0.346 e. The Morgan fingerprint density at radius 1 is 1.52 bits per heavy atom. The summed E-state index contributed by atoms with van der Waals surface area (Å²) in [4.78, 5) is 17.1. The average Bonchev–Trinajstić information content (AvgIpc) is 3.21. The Morgan fingerprint density at radius 3 is 2.90 bits per heavy atom. The van der Waals surface area contributed by atoms with E-state index in [4.69, 9.17) is 5.26 Å². The summed E-state index contributed by atoms with van der Waals surface area (Å²) in [5, 5.41) is 23.6. The van der Waals surface area contributed by atoms with Crippen LogP contribution in [0, 0.1) is 21.4 Å². The molecule has 1 saturated heterocycles. The van der Waals surface area contributed by atoms with Crippen LogP contribution in [0.2, 0.25) is 0 Å². The van der Waals surface area contributed by atoms with Crippen LogP contribution in [0.4, 0.5) is 11.5 Å². The molecule has 1 aromatic heterocycles. The van der Waals surface area contributed by atoms with Gasteiger partial charge in [0.25, 0.3) is 0 Å². The van der Waals surface area contributed by atoms with Gasteiger partial charge in [-0.2, -0.15) is 5.26 Å². The Morgan fingerprint density at radius 2 is 2.33 bits per heavy atom. The van der Waals surface area contributed by atoms with Crippen LogP contribution in [0.5, 0.6) is 0 Å². The van der Waals surface area contributed by atoms with Gasteiger partial charge in [0, 0.05) is 30.9 Å². The smallest absolute Gasteiger partial charge is 0.312 e. The molecule has 0 amide bonds. The van der Waals surface area contributed by atoms with Crippen molar-refractivity contribution in [2.24, 2.45) is 0 Å². The van der Waals surface area contributed by atoms with Crippen LogP contribution in [0.1, 0.15) is 31.2 Å². The van der Waals surface area contributed by atoms with Crippen molar-refractivity contribution in [3.63, 3.8) is 0 Å². The number of hydrogen-bond acceptors (Lipinski definition) is 6. The van der Waals surface area contributed by atoms with Crippen molar-refractivity contribution >= 4 is 11.5 Å². The molecule has 1 saturated carbocycles. The summed E-state index contributed by atoms with van der Waals surface area (Å²) in [5.41, 5.74) is 0.152. The predicted octanol–water partition coefficient (Wildman–Crippen LogP) is 1.58. The van der Waals surface area contributed by atoms with Crippen molar-refractivity contribution in [1.82, 2.24) is 10.3 Å². The zero-order valence-electron chi connectivity index (χ0n) is 11.7. The molecule has 0 aromatic carbocycles. The fourth-order valence-electron chi connectivity index (χ4n) is 2.81. The van der Waals surface area contributed by atoms with E-state index in [9.17, 15) is 10.1 Å². The summed E-state index contributed by atoms with van der Waals surface area (Å²) in [6.07, 6.45) is 5.75. The number of nitro groups is 1. The van der Waals surface area contributed by atoms with Gasteiger partial charge in [-0.25, -0.2) is 4.98 Å². The third-order valence-electron chi connectivity index (χ3n) is 4.01. The monoisotopic (exact) mass is 287 g/mol. The minimum atomic E-state index is -0.444. The van der Waals surface area contributed by atoms with E-state index in [0.717, 1.165) is 38.8 Å². The second-order valence-electron chi connectivity index (χ2n) is 5.61. The minimum absolute atomic E-state index is 0.0704. The molecule has 1 unspecified atom stereocenters. The Kier molecular flexibility index (Phi) is 3.71. The number of hydrogen-bond donors (Lipinski definition) is 1. The van der Waals surface area contributed by atoms with Gasteiger partial charge in [-0.05, 0) is 32.2 Å². The molecule has 0 spiro atoms. The molecule has 21 heavy (non-hydrogen) atoms. The fourth-order valence-corrected chi connectivity index (χ4v) is 2.81. The lowest BCUT2D eigenvalue weighted by atomic mass is 10.2. The summed E-state index contributed by atoms with van der Waals surface area (Å²) in [5.74, 6) is 0.398. The Bertz CT molecular complexity index is 588. The zero-order valence-corrected chi connectivity index (χ0v) is 11.7. The van der Waals surface area contributed by atoms with Gasteiger partial charge in [-0.1, -0.05) is 0 Å². The molecule has 2 fully saturated rings. The van der Waals surface area contributed by atoms with Gasteiger partial charge in [0.1, 0.15) is 6.07 Å². The van der Waals surface area contributed by atoms with E-state index < -0.39 is 4.92 Å². The molecule has 3 rings (SSSR count). The first kappa shape index (κ1) is 13.8. The standard InChI is InChI=1S/C14H17N5O2/c15-7-10-6-13(19(20)21)14(17-8-10)18(12-3-4-12)9-11-2-1-5-16-11/h6,8,11-12,16H,1-5,9H2. The van der Waals surface area contributed by atoms with Crippen molar-refractivity contribution in [1.29, 1.82) is 5.26 Å². The zero-order chi connectivity index (χ0) is 14.8. The second-order valence-corrected chi connectivity index (χ2v) is 5.61. The number of nitrogens with one attached hydrogen (secondary N) is 1. The highest BCUT2D eigenvalue weighted by Gasteiger charge is 2.35. The molecule has 2 heterocycles. The van der Waals surface area contributed by atoms with Crippen molar-refractivity contribution in [2.75, 3.05) is 18.0 Å². The van der Waals surface area contributed by atoms with Crippen LogP contribution in [0.3, 0.4) is 0 Å². The fraction of sp³-hybridized carbons (Fsp3) is 0.571. The SMILES string of the molecule is N#Cc1cnc(N(CC2CCCN2)C2CC2)c([N+](=O)[O-])c1. The molecule has 1 aromatic rings. The number of aromatic nitrogens is 1. The van der Waals surface area contributed by atoms with Crippen LogP contribution < -0.4 is 10.2 Å². The van der Waals surface area contributed by atoms with Crippen LogP contribution in [-0.2, 0) is 0 Å². The maximum Gasteiger partial charge on any atom is 0.312 e. The summed E-state index contributed by atoms with van der Waals surface area (Å²) in [6, 6.07) is 3.93. The number of pyridine rings is 1. The molecule has 7 heteroatoms. The summed E-state index contributed by atoms with van der Waals surface area (Å²) < 4.78 is 0. The van der Waals surface area contributed by atoms with E-state index >= 15 is 0 Å². The van der Waals surface area contributed by atoms with Crippen molar-refractivity contribution in [2.45, 2.75) is 37.8 Å². The van der Waals surface area contributed by atoms with Crippen molar-refractivity contribution in [3.8, 4) is 6.07 Å². The molecule has 0 radical (unpaired) electrons. The molecular weight excluding hydrogens is 270 g/mol. The molecule has 1 aliphatic carbocycles. The second kappa shape index (κ2) is 5.66. The first-order valence-electron chi connectivity index (χ1n) is 7.23. The van der Waals surface area contributed by atoms with E-state index in [0.29, 0.717) is 17.9 Å². The molecule has 1 atom stereocenters. The van der Waals surface area contributed by atoms with E-state index in [1.807, 2.05) is 11.0 Å². The van der Waals surface area contributed by atoms with Gasteiger partial charge in [-0.15, -0.1) is 0 Å². The third kappa shape index (κ3) is 2.95. The number of rotatable bonds is 5. The highest BCUT2D eigenvalue weighted by atomic mass is 16.6. The highest BCUT2D eigenvalue weighted by molar-refractivity contribution is 5.61. The lowest BCUT2D eigenvalue weighted by molar-refractivity contribution is -0.384. The molecule has 110 valence electrons. The number of nitriles is 1. The summed E-state index contributed by atoms with van der Waals surface area (Å²) in [6.45, 7) is 1.75. The quantitative estimate of drug-likeness (QED) is 0.652. The van der Waals surface area contributed by atoms with Crippen LogP contribution >= 0.6 is 0 Å².